The van der Waals surface area contributed by atoms with E-state index in [9.17, 15) is 63.3 Å². The van der Waals surface area contributed by atoms with E-state index in [1.165, 1.54) is 38.1 Å². The third-order valence-electron chi connectivity index (χ3n) is 10.5. The van der Waals surface area contributed by atoms with Crippen LogP contribution in [0, 0.1) is 11.8 Å². The number of primary amides is 1. The van der Waals surface area contributed by atoms with E-state index in [0.29, 0.717) is 5.56 Å². The fourth-order valence-corrected chi connectivity index (χ4v) is 6.82. The predicted octanol–water partition coefficient (Wildman–Crippen LogP) is -4.28. The maximum Gasteiger partial charge on any atom is 0.325 e. The number of aromatic hydroxyl groups is 1. The zero-order valence-corrected chi connectivity index (χ0v) is 38.2. The Morgan fingerprint density at radius 1 is 0.697 bits per heavy atom. The molecule has 1 aromatic rings. The molecule has 24 heteroatoms. The van der Waals surface area contributed by atoms with Crippen molar-refractivity contribution < 1.29 is 68.4 Å². The molecule has 0 unspecified atom stereocenters. The van der Waals surface area contributed by atoms with Crippen LogP contribution in [0.15, 0.2) is 24.3 Å². The lowest BCUT2D eigenvalue weighted by Gasteiger charge is -2.31. The van der Waals surface area contributed by atoms with Crippen LogP contribution in [0.5, 0.6) is 5.75 Å². The quantitative estimate of drug-likeness (QED) is 0.0441. The number of hydrogen-bond donors (Lipinski definition) is 13. The number of phenols is 1. The molecule has 368 valence electrons. The van der Waals surface area contributed by atoms with E-state index >= 15 is 0 Å². The van der Waals surface area contributed by atoms with Crippen LogP contribution >= 0.6 is 0 Å². The normalized spacial score (nSPS) is 17.6. The zero-order valence-electron chi connectivity index (χ0n) is 38.2. The van der Waals surface area contributed by atoms with Crippen LogP contribution in [-0.2, 0) is 54.4 Å². The van der Waals surface area contributed by atoms with Gasteiger partial charge in [-0.25, -0.2) is 0 Å². The number of carboxylic acids is 1. The van der Waals surface area contributed by atoms with Crippen molar-refractivity contribution in [3.8, 4) is 5.75 Å². The Labute approximate surface area is 382 Å². The number of benzene rings is 1. The first-order chi connectivity index (χ1) is 30.8. The number of carboxylic acid groups (broad SMARTS) is 1. The lowest BCUT2D eigenvalue weighted by molar-refractivity contribution is -0.144. The molecule has 1 aromatic carbocycles. The van der Waals surface area contributed by atoms with Crippen LogP contribution in [0.3, 0.4) is 0 Å². The molecule has 66 heavy (non-hydrogen) atoms. The first-order valence-electron chi connectivity index (χ1n) is 21.5. The molecule has 0 aliphatic carbocycles. The van der Waals surface area contributed by atoms with E-state index in [-0.39, 0.29) is 43.9 Å². The summed E-state index contributed by atoms with van der Waals surface area (Å²) in [5.74, 6) is -10.2. The van der Waals surface area contributed by atoms with Crippen molar-refractivity contribution in [1.82, 2.24) is 42.1 Å². The highest BCUT2D eigenvalue weighted by atomic mass is 16.4. The molecule has 24 nitrogen and oxygen atoms in total. The smallest absolute Gasteiger partial charge is 0.325 e. The number of carbonyl (C=O) groups is 10. The van der Waals surface area contributed by atoms with Gasteiger partial charge in [-0.2, -0.15) is 0 Å². The van der Waals surface area contributed by atoms with Crippen molar-refractivity contribution in [2.75, 3.05) is 13.2 Å². The van der Waals surface area contributed by atoms with Gasteiger partial charge in [-0.05, 0) is 69.6 Å². The van der Waals surface area contributed by atoms with Gasteiger partial charge in [0.05, 0.1) is 25.2 Å². The van der Waals surface area contributed by atoms with Gasteiger partial charge in [0.25, 0.3) is 0 Å². The van der Waals surface area contributed by atoms with Gasteiger partial charge < -0.3 is 74.0 Å². The molecule has 1 aliphatic heterocycles. The molecule has 1 saturated heterocycles. The summed E-state index contributed by atoms with van der Waals surface area (Å²) < 4.78 is 0. The number of nitrogens with zero attached hydrogens (tertiary/aromatic N) is 1. The van der Waals surface area contributed by atoms with Gasteiger partial charge in [0.1, 0.15) is 54.1 Å². The first-order valence-corrected chi connectivity index (χ1v) is 21.5. The van der Waals surface area contributed by atoms with Gasteiger partial charge in [0.15, 0.2) is 0 Å². The third-order valence-corrected chi connectivity index (χ3v) is 10.5. The van der Waals surface area contributed by atoms with E-state index in [0.717, 1.165) is 11.8 Å². The molecule has 2 rings (SSSR count). The van der Waals surface area contributed by atoms with Gasteiger partial charge in [-0.15, -0.1) is 0 Å². The van der Waals surface area contributed by atoms with Crippen LogP contribution < -0.4 is 48.7 Å². The SMILES string of the molecule is CC(C)C[C@H](N)C(=O)N[C@@H](CO)C(=O)N[C@@H](Cc1ccc(O)cc1)C(=O)N[C@H](C(=O)N[C@@H](CC(N)=O)C(=O)N1CCC[C@H]1C(=O)N[C@@H](C)C(=O)N[C@H](C(=O)N[C@@H](C)C(=O)O)C(C)C)[C@@H](C)O. The third kappa shape index (κ3) is 17.2. The summed E-state index contributed by atoms with van der Waals surface area (Å²) in [5.41, 5.74) is 11.8. The number of phenolic OH excluding ortho intramolecular Hbond substituents is 1. The van der Waals surface area contributed by atoms with Crippen molar-refractivity contribution in [2.24, 2.45) is 23.3 Å². The minimum absolute atomic E-state index is 0.0284. The van der Waals surface area contributed by atoms with E-state index in [1.807, 2.05) is 13.8 Å². The number of aliphatic hydroxyl groups is 2. The molecule has 1 aliphatic rings. The Morgan fingerprint density at radius 2 is 1.24 bits per heavy atom. The second-order valence-corrected chi connectivity index (χ2v) is 17.1. The Balaban J connectivity index is 2.29. The molecular weight excluding hydrogens is 869 g/mol. The lowest BCUT2D eigenvalue weighted by Crippen LogP contribution is -2.62. The maximum atomic E-state index is 14.0. The van der Waals surface area contributed by atoms with E-state index < -0.39 is 139 Å². The summed E-state index contributed by atoms with van der Waals surface area (Å²) in [6, 6.07) is -7.09. The Kier molecular flexibility index (Phi) is 21.9. The standard InChI is InChI=1S/C42H66N10O14/c1-19(2)15-26(43)35(58)49-29(18-53)37(60)47-27(16-24-10-12-25(55)13-11-24)36(59)51-33(23(7)54)40(63)48-28(17-31(44)56)41(64)52-14-8-9-30(52)38(61)45-21(5)34(57)50-32(20(3)4)39(62)46-22(6)42(65)66/h10-13,19-23,26-30,32-33,53-55H,8-9,14-18,43H2,1-7H3,(H2,44,56)(H,45,61)(H,46,62)(H,47,60)(H,48,63)(H,49,58)(H,50,57)(H,51,59)(H,65,66)/t21-,22-,23+,26-,27-,28-,29-,30-,32-,33-/m0/s1. The van der Waals surface area contributed by atoms with Crippen molar-refractivity contribution in [3.05, 3.63) is 29.8 Å². The number of nitrogens with two attached hydrogens (primary N) is 2. The Hall–Kier alpha value is -6.40. The number of amides is 9. The van der Waals surface area contributed by atoms with Crippen molar-refractivity contribution in [2.45, 2.75) is 141 Å². The molecule has 1 fully saturated rings. The molecule has 9 amide bonds. The molecule has 0 aromatic heterocycles. The first kappa shape index (κ1) is 55.7. The molecule has 0 saturated carbocycles. The Bertz CT molecular complexity index is 1910. The second-order valence-electron chi connectivity index (χ2n) is 17.1. The van der Waals surface area contributed by atoms with E-state index in [1.54, 1.807) is 13.8 Å². The van der Waals surface area contributed by atoms with E-state index in [4.69, 9.17) is 16.6 Å². The highest BCUT2D eigenvalue weighted by molar-refractivity contribution is 5.99. The minimum Gasteiger partial charge on any atom is -0.508 e. The van der Waals surface area contributed by atoms with E-state index in [2.05, 4.69) is 37.2 Å². The molecule has 10 atom stereocenters. The number of hydrogen-bond acceptors (Lipinski definition) is 14. The second kappa shape index (κ2) is 25.9. The topological polar surface area (TPSA) is 391 Å². The van der Waals surface area contributed by atoms with Crippen molar-refractivity contribution in [3.63, 3.8) is 0 Å². The number of nitrogens with one attached hydrogen (secondary N) is 7. The summed E-state index contributed by atoms with van der Waals surface area (Å²) in [7, 11) is 0. The zero-order chi connectivity index (χ0) is 50.2. The van der Waals surface area contributed by atoms with Gasteiger partial charge in [-0.3, -0.25) is 47.9 Å². The van der Waals surface area contributed by atoms with Crippen LogP contribution in [0.2, 0.25) is 0 Å². The molecular formula is C42H66N10O14. The average molecular weight is 935 g/mol. The monoisotopic (exact) mass is 934 g/mol. The maximum absolute atomic E-state index is 14.0. The van der Waals surface area contributed by atoms with Crippen LogP contribution in [0.25, 0.3) is 0 Å². The lowest BCUT2D eigenvalue weighted by atomic mass is 10.0. The van der Waals surface area contributed by atoms with Gasteiger partial charge in [0.2, 0.25) is 53.2 Å². The summed E-state index contributed by atoms with van der Waals surface area (Å²) in [5, 5.41) is 56.3. The summed E-state index contributed by atoms with van der Waals surface area (Å²) in [4.78, 5) is 132. The van der Waals surface area contributed by atoms with Crippen LogP contribution in [0.1, 0.15) is 79.7 Å². The van der Waals surface area contributed by atoms with Crippen molar-refractivity contribution in [1.29, 1.82) is 0 Å². The van der Waals surface area contributed by atoms with Gasteiger partial charge in [0, 0.05) is 13.0 Å². The van der Waals surface area contributed by atoms with Gasteiger partial charge >= 0.3 is 5.97 Å². The number of rotatable bonds is 25. The minimum atomic E-state index is -1.84. The molecule has 0 bridgehead atoms. The van der Waals surface area contributed by atoms with Crippen LogP contribution in [-0.4, -0.2) is 158 Å². The fourth-order valence-electron chi connectivity index (χ4n) is 6.82. The number of carbonyl (C=O) groups excluding carboxylic acids is 9. The Morgan fingerprint density at radius 3 is 1.77 bits per heavy atom. The van der Waals surface area contributed by atoms with Crippen LogP contribution in [0.4, 0.5) is 0 Å². The number of likely N-dealkylation sites (tertiary alicyclic amines) is 1. The molecule has 1 heterocycles. The predicted molar refractivity (Wildman–Crippen MR) is 234 cm³/mol. The summed E-state index contributed by atoms with van der Waals surface area (Å²) >= 11 is 0. The largest absolute Gasteiger partial charge is 0.508 e. The number of aliphatic carboxylic acids is 1. The fraction of sp³-hybridized carbons (Fsp3) is 0.619. The summed E-state index contributed by atoms with van der Waals surface area (Å²) in [6.45, 7) is 9.65. The molecule has 0 radical (unpaired) electrons. The highest BCUT2D eigenvalue weighted by Gasteiger charge is 2.41. The van der Waals surface area contributed by atoms with Crippen molar-refractivity contribution >= 4 is 59.1 Å². The van der Waals surface area contributed by atoms with Gasteiger partial charge in [-0.1, -0.05) is 39.8 Å². The highest BCUT2D eigenvalue weighted by Crippen LogP contribution is 2.20. The molecule has 15 N–H and O–H groups in total. The number of aliphatic hydroxyl groups excluding tert-OH is 2. The average Bonchev–Trinajstić information content (AvgIpc) is 3.73. The molecule has 0 spiro atoms. The summed E-state index contributed by atoms with van der Waals surface area (Å²) in [6.07, 6.45) is -2.09.